The molecule has 0 unspecified atom stereocenters. The molecule has 0 radical (unpaired) electrons. The first-order valence-corrected chi connectivity index (χ1v) is 11.8. The Hall–Kier alpha value is -3.48. The maximum absolute atomic E-state index is 13.8. The van der Waals surface area contributed by atoms with Gasteiger partial charge in [0, 0.05) is 26.6 Å². The largest absolute Gasteiger partial charge is 0.489 e. The van der Waals surface area contributed by atoms with E-state index in [1.807, 2.05) is 36.4 Å². The maximum Gasteiger partial charge on any atom is 0.418 e. The Morgan fingerprint density at radius 1 is 0.806 bits per heavy atom. The summed E-state index contributed by atoms with van der Waals surface area (Å²) in [7, 11) is 0. The fraction of sp³-hybridized carbons (Fsp3) is 0.107. The van der Waals surface area contributed by atoms with Gasteiger partial charge in [-0.2, -0.15) is 18.3 Å². The van der Waals surface area contributed by atoms with Crippen LogP contribution in [-0.2, 0) is 19.3 Å². The van der Waals surface area contributed by atoms with Crippen molar-refractivity contribution in [2.24, 2.45) is 0 Å². The summed E-state index contributed by atoms with van der Waals surface area (Å²) in [5.74, 6) is 0.524. The van der Waals surface area contributed by atoms with Crippen molar-refractivity contribution >= 4 is 34.1 Å². The van der Waals surface area contributed by atoms with Crippen molar-refractivity contribution in [2.75, 3.05) is 0 Å². The van der Waals surface area contributed by atoms with Gasteiger partial charge in [-0.1, -0.05) is 83.9 Å². The first-order chi connectivity index (χ1) is 17.3. The van der Waals surface area contributed by atoms with Crippen molar-refractivity contribution in [3.63, 3.8) is 0 Å². The minimum absolute atomic E-state index is 0.0925. The molecule has 1 heterocycles. The van der Waals surface area contributed by atoms with Crippen molar-refractivity contribution in [3.8, 4) is 17.0 Å². The van der Waals surface area contributed by atoms with Crippen LogP contribution in [0.3, 0.4) is 0 Å². The van der Waals surface area contributed by atoms with Gasteiger partial charge >= 0.3 is 6.18 Å². The van der Waals surface area contributed by atoms with Crippen LogP contribution in [0.1, 0.15) is 16.7 Å². The Morgan fingerprint density at radius 2 is 1.50 bits per heavy atom. The summed E-state index contributed by atoms with van der Waals surface area (Å²) in [4.78, 5) is 0. The predicted octanol–water partition coefficient (Wildman–Crippen LogP) is 8.66. The molecule has 5 aromatic rings. The van der Waals surface area contributed by atoms with Gasteiger partial charge in [0.25, 0.3) is 0 Å². The van der Waals surface area contributed by atoms with E-state index in [0.717, 1.165) is 11.6 Å². The lowest BCUT2D eigenvalue weighted by molar-refractivity contribution is -0.136. The number of halogens is 5. The molecule has 8 heteroatoms. The number of ether oxygens (including phenoxy) is 1. The molecule has 0 atom stereocenters. The number of hydrogen-bond acceptors (Lipinski definition) is 2. The molecule has 0 aliphatic rings. The average Bonchev–Trinajstić information content (AvgIpc) is 3.21. The van der Waals surface area contributed by atoms with Crippen molar-refractivity contribution < 1.29 is 17.9 Å². The van der Waals surface area contributed by atoms with Gasteiger partial charge in [-0.25, -0.2) is 0 Å². The molecule has 0 fully saturated rings. The summed E-state index contributed by atoms with van der Waals surface area (Å²) >= 11 is 12.5. The number of fused-ring (bicyclic) bond motifs is 1. The molecule has 0 N–H and O–H groups in total. The van der Waals surface area contributed by atoms with Gasteiger partial charge in [-0.15, -0.1) is 0 Å². The highest BCUT2D eigenvalue weighted by Crippen LogP contribution is 2.39. The zero-order chi connectivity index (χ0) is 25.3. The number of benzene rings is 4. The minimum Gasteiger partial charge on any atom is -0.489 e. The van der Waals surface area contributed by atoms with Crippen molar-refractivity contribution in [1.29, 1.82) is 0 Å². The van der Waals surface area contributed by atoms with E-state index in [9.17, 15) is 13.2 Å². The van der Waals surface area contributed by atoms with Gasteiger partial charge in [-0.3, -0.25) is 4.68 Å². The highest BCUT2D eigenvalue weighted by molar-refractivity contribution is 6.35. The fourth-order valence-electron chi connectivity index (χ4n) is 4.12. The van der Waals surface area contributed by atoms with Gasteiger partial charge in [0.2, 0.25) is 0 Å². The lowest BCUT2D eigenvalue weighted by Crippen LogP contribution is -2.06. The summed E-state index contributed by atoms with van der Waals surface area (Å²) in [5.41, 5.74) is 1.96. The van der Waals surface area contributed by atoms with E-state index < -0.39 is 11.7 Å². The summed E-state index contributed by atoms with van der Waals surface area (Å²) in [6.45, 7) is 0.451. The van der Waals surface area contributed by atoms with Gasteiger partial charge in [0.1, 0.15) is 17.9 Å². The normalized spacial score (nSPS) is 11.7. The highest BCUT2D eigenvalue weighted by atomic mass is 35.5. The summed E-state index contributed by atoms with van der Waals surface area (Å²) in [6.07, 6.45) is -4.53. The summed E-state index contributed by atoms with van der Waals surface area (Å²) in [5, 5.41) is 5.81. The zero-order valence-electron chi connectivity index (χ0n) is 18.8. The van der Waals surface area contributed by atoms with Crippen LogP contribution in [0, 0.1) is 0 Å². The van der Waals surface area contributed by atoms with Crippen molar-refractivity contribution in [1.82, 2.24) is 9.78 Å². The van der Waals surface area contributed by atoms with Gasteiger partial charge in [-0.05, 0) is 35.9 Å². The smallest absolute Gasteiger partial charge is 0.418 e. The van der Waals surface area contributed by atoms with E-state index in [-0.39, 0.29) is 12.1 Å². The molecular weight excluding hydrogens is 508 g/mol. The predicted molar refractivity (Wildman–Crippen MR) is 137 cm³/mol. The van der Waals surface area contributed by atoms with Crippen LogP contribution in [0.15, 0.2) is 91.0 Å². The monoisotopic (exact) mass is 526 g/mol. The second-order valence-electron chi connectivity index (χ2n) is 8.21. The first kappa shape index (κ1) is 24.2. The minimum atomic E-state index is -4.53. The van der Waals surface area contributed by atoms with Gasteiger partial charge in [0.15, 0.2) is 0 Å². The quantitative estimate of drug-likeness (QED) is 0.221. The maximum atomic E-state index is 13.8. The standard InChI is InChI=1S/C28H19Cl2F3N2O/c29-24-13-6-14-25(30)22(24)17-36-20-10-4-9-19(15-20)27-21-11-5-12-23(28(31,32)33)26(21)34-35(27)16-18-7-2-1-3-8-18/h1-15H,16-17H2. The van der Waals surface area contributed by atoms with Crippen molar-refractivity contribution in [2.45, 2.75) is 19.3 Å². The van der Waals surface area contributed by atoms with Crippen LogP contribution in [0.2, 0.25) is 10.0 Å². The fourth-order valence-corrected chi connectivity index (χ4v) is 4.62. The number of hydrogen-bond donors (Lipinski definition) is 0. The molecule has 0 saturated carbocycles. The Bertz CT molecular complexity index is 1510. The number of rotatable bonds is 6. The van der Waals surface area contributed by atoms with Crippen LogP contribution in [0.4, 0.5) is 13.2 Å². The lowest BCUT2D eigenvalue weighted by Gasteiger charge is -2.12. The molecule has 0 bridgehead atoms. The molecule has 0 spiro atoms. The molecule has 3 nitrogen and oxygen atoms in total. The molecule has 1 aromatic heterocycles. The SMILES string of the molecule is FC(F)(F)c1cccc2c(-c3cccc(OCc4c(Cl)cccc4Cl)c3)n(Cc3ccccc3)nc12. The van der Waals surface area contributed by atoms with E-state index >= 15 is 0 Å². The Labute approximate surface area is 215 Å². The summed E-state index contributed by atoms with van der Waals surface area (Å²) in [6, 6.07) is 26.0. The molecule has 182 valence electrons. The van der Waals surface area contributed by atoms with E-state index in [0.29, 0.717) is 44.5 Å². The molecule has 4 aromatic carbocycles. The molecule has 0 saturated heterocycles. The first-order valence-electron chi connectivity index (χ1n) is 11.1. The van der Waals surface area contributed by atoms with Crippen LogP contribution in [-0.4, -0.2) is 9.78 Å². The lowest BCUT2D eigenvalue weighted by atomic mass is 10.0. The Kier molecular flexibility index (Phi) is 6.65. The third-order valence-electron chi connectivity index (χ3n) is 5.80. The van der Waals surface area contributed by atoms with Crippen LogP contribution >= 0.6 is 23.2 Å². The van der Waals surface area contributed by atoms with Gasteiger partial charge in [0.05, 0.1) is 17.8 Å². The Balaban J connectivity index is 1.58. The molecule has 36 heavy (non-hydrogen) atoms. The molecule has 5 rings (SSSR count). The van der Waals surface area contributed by atoms with E-state index in [1.165, 1.54) is 6.07 Å². The number of alkyl halides is 3. The van der Waals surface area contributed by atoms with Crippen LogP contribution in [0.25, 0.3) is 22.2 Å². The second kappa shape index (κ2) is 9.88. The van der Waals surface area contributed by atoms with Crippen LogP contribution in [0.5, 0.6) is 5.75 Å². The number of nitrogens with zero attached hydrogens (tertiary/aromatic N) is 2. The van der Waals surface area contributed by atoms with Gasteiger partial charge < -0.3 is 4.74 Å². The second-order valence-corrected chi connectivity index (χ2v) is 9.02. The van der Waals surface area contributed by atoms with E-state index in [2.05, 4.69) is 5.10 Å². The molecule has 0 aliphatic heterocycles. The molecular formula is C28H19Cl2F3N2O. The molecule has 0 amide bonds. The van der Waals surface area contributed by atoms with E-state index in [1.54, 1.807) is 47.1 Å². The van der Waals surface area contributed by atoms with Crippen molar-refractivity contribution in [3.05, 3.63) is 118 Å². The highest BCUT2D eigenvalue weighted by Gasteiger charge is 2.34. The molecule has 0 aliphatic carbocycles. The average molecular weight is 527 g/mol. The van der Waals surface area contributed by atoms with Crippen LogP contribution < -0.4 is 4.74 Å². The summed E-state index contributed by atoms with van der Waals surface area (Å²) < 4.78 is 48.9. The third-order valence-corrected chi connectivity index (χ3v) is 6.51. The topological polar surface area (TPSA) is 27.1 Å². The Morgan fingerprint density at radius 3 is 2.22 bits per heavy atom. The number of aromatic nitrogens is 2. The van der Waals surface area contributed by atoms with E-state index in [4.69, 9.17) is 27.9 Å². The third kappa shape index (κ3) is 4.92. The zero-order valence-corrected chi connectivity index (χ0v) is 20.3.